The van der Waals surface area contributed by atoms with Crippen LogP contribution in [0.4, 0.5) is 8.78 Å². The Kier molecular flexibility index (Phi) is 3.96. The number of hydrogen-bond acceptors (Lipinski definition) is 3. The molecular formula is C19H18F2N4O. The van der Waals surface area contributed by atoms with Gasteiger partial charge in [-0.25, -0.2) is 18.7 Å². The molecule has 2 aromatic heterocycles. The maximum absolute atomic E-state index is 13.5. The Morgan fingerprint density at radius 1 is 0.846 bits per heavy atom. The fourth-order valence-corrected chi connectivity index (χ4v) is 3.17. The van der Waals surface area contributed by atoms with Gasteiger partial charge >= 0.3 is 0 Å². The van der Waals surface area contributed by atoms with Crippen molar-refractivity contribution in [2.45, 2.75) is 33.0 Å². The number of fused-ring (bicyclic) bond motifs is 2. The quantitative estimate of drug-likeness (QED) is 0.610. The lowest BCUT2D eigenvalue weighted by Crippen LogP contribution is -2.21. The average molecular weight is 356 g/mol. The number of nitrogens with zero attached hydrogens (tertiary/aromatic N) is 4. The van der Waals surface area contributed by atoms with Crippen LogP contribution in [-0.2, 0) is 13.1 Å². The maximum Gasteiger partial charge on any atom is 0.161 e. The van der Waals surface area contributed by atoms with Crippen molar-refractivity contribution in [3.8, 4) is 0 Å². The van der Waals surface area contributed by atoms with E-state index >= 15 is 0 Å². The summed E-state index contributed by atoms with van der Waals surface area (Å²) >= 11 is 0. The van der Waals surface area contributed by atoms with E-state index in [0.717, 1.165) is 28.7 Å². The zero-order valence-electron chi connectivity index (χ0n) is 14.4. The predicted octanol–water partition coefficient (Wildman–Crippen LogP) is 3.34. The van der Waals surface area contributed by atoms with Gasteiger partial charge < -0.3 is 14.2 Å². The third-order valence-electron chi connectivity index (χ3n) is 4.71. The Bertz CT molecular complexity index is 1030. The Balaban J connectivity index is 1.59. The first-order valence-corrected chi connectivity index (χ1v) is 8.32. The van der Waals surface area contributed by atoms with E-state index in [9.17, 15) is 13.9 Å². The summed E-state index contributed by atoms with van der Waals surface area (Å²) in [6.07, 6.45) is 2.44. The van der Waals surface area contributed by atoms with Gasteiger partial charge in [0.25, 0.3) is 0 Å². The van der Waals surface area contributed by atoms with E-state index in [4.69, 9.17) is 0 Å². The SMILES string of the molecule is Cc1cc2ncn(C[C@H](O)Cn3cnc4cc(F)c(F)cc43)c2cc1C. The molecule has 0 unspecified atom stereocenters. The number of aryl methyl sites for hydroxylation is 2. The molecule has 2 aromatic carbocycles. The van der Waals surface area contributed by atoms with Crippen LogP contribution in [0, 0.1) is 25.5 Å². The minimum atomic E-state index is -0.932. The fourth-order valence-electron chi connectivity index (χ4n) is 3.17. The van der Waals surface area contributed by atoms with Gasteiger partial charge in [0.1, 0.15) is 0 Å². The van der Waals surface area contributed by atoms with Crippen LogP contribution >= 0.6 is 0 Å². The molecule has 0 aliphatic carbocycles. The maximum atomic E-state index is 13.5. The molecule has 0 bridgehead atoms. The molecule has 0 aliphatic heterocycles. The molecule has 0 fully saturated rings. The number of aliphatic hydroxyl groups excluding tert-OH is 1. The lowest BCUT2D eigenvalue weighted by molar-refractivity contribution is 0.137. The summed E-state index contributed by atoms with van der Waals surface area (Å²) in [5.74, 6) is -1.86. The van der Waals surface area contributed by atoms with Crippen LogP contribution in [0.1, 0.15) is 11.1 Å². The Labute approximate surface area is 148 Å². The first kappa shape index (κ1) is 16.7. The van der Waals surface area contributed by atoms with Crippen molar-refractivity contribution in [3.05, 3.63) is 59.7 Å². The number of benzene rings is 2. The van der Waals surface area contributed by atoms with Crippen LogP contribution in [0.25, 0.3) is 22.1 Å². The van der Waals surface area contributed by atoms with Crippen molar-refractivity contribution in [2.24, 2.45) is 0 Å². The van der Waals surface area contributed by atoms with Gasteiger partial charge in [-0.05, 0) is 37.1 Å². The van der Waals surface area contributed by atoms with Crippen LogP contribution in [-0.4, -0.2) is 30.3 Å². The van der Waals surface area contributed by atoms with Gasteiger partial charge in [-0.2, -0.15) is 0 Å². The molecule has 26 heavy (non-hydrogen) atoms. The van der Waals surface area contributed by atoms with Gasteiger partial charge in [0.2, 0.25) is 0 Å². The van der Waals surface area contributed by atoms with Crippen LogP contribution in [0.3, 0.4) is 0 Å². The molecule has 5 nitrogen and oxygen atoms in total. The number of hydrogen-bond donors (Lipinski definition) is 1. The molecule has 0 amide bonds. The Hall–Kier alpha value is -2.80. The molecule has 0 saturated heterocycles. The third kappa shape index (κ3) is 2.84. The highest BCUT2D eigenvalue weighted by Crippen LogP contribution is 2.20. The van der Waals surface area contributed by atoms with Gasteiger partial charge in [-0.15, -0.1) is 0 Å². The van der Waals surface area contributed by atoms with Crippen molar-refractivity contribution in [2.75, 3.05) is 0 Å². The van der Waals surface area contributed by atoms with Crippen molar-refractivity contribution in [1.82, 2.24) is 19.1 Å². The van der Waals surface area contributed by atoms with Gasteiger partial charge in [-0.1, -0.05) is 0 Å². The Morgan fingerprint density at radius 3 is 2.00 bits per heavy atom. The van der Waals surface area contributed by atoms with Crippen LogP contribution < -0.4 is 0 Å². The van der Waals surface area contributed by atoms with Gasteiger partial charge in [-0.3, -0.25) is 0 Å². The lowest BCUT2D eigenvalue weighted by Gasteiger charge is -2.14. The van der Waals surface area contributed by atoms with E-state index in [2.05, 4.69) is 16.0 Å². The summed E-state index contributed by atoms with van der Waals surface area (Å²) in [6, 6.07) is 6.23. The van der Waals surface area contributed by atoms with Gasteiger partial charge in [0.15, 0.2) is 11.6 Å². The summed E-state index contributed by atoms with van der Waals surface area (Å²) in [4.78, 5) is 8.45. The molecule has 134 valence electrons. The van der Waals surface area contributed by atoms with E-state index in [0.29, 0.717) is 17.6 Å². The minimum Gasteiger partial charge on any atom is -0.389 e. The number of halogens is 2. The highest BCUT2D eigenvalue weighted by Gasteiger charge is 2.14. The van der Waals surface area contributed by atoms with E-state index in [-0.39, 0.29) is 6.54 Å². The van der Waals surface area contributed by atoms with E-state index in [1.165, 1.54) is 11.9 Å². The summed E-state index contributed by atoms with van der Waals surface area (Å²) in [7, 11) is 0. The number of imidazole rings is 2. The Morgan fingerprint density at radius 2 is 1.35 bits per heavy atom. The van der Waals surface area contributed by atoms with Crippen molar-refractivity contribution < 1.29 is 13.9 Å². The standard InChI is InChI=1S/C19H18F2N4O/c1-11-3-16-18(4-12(11)2)24(9-22-16)7-13(26)8-25-10-23-17-5-14(20)15(21)6-19(17)25/h3-6,9-10,13,26H,7-8H2,1-2H3/t13-/m0/s1. The second-order valence-corrected chi connectivity index (χ2v) is 6.63. The minimum absolute atomic E-state index is 0.214. The van der Waals surface area contributed by atoms with Crippen LogP contribution in [0.15, 0.2) is 36.9 Å². The van der Waals surface area contributed by atoms with Crippen molar-refractivity contribution in [1.29, 1.82) is 0 Å². The summed E-state index contributed by atoms with van der Waals surface area (Å²) in [5, 5.41) is 10.5. The van der Waals surface area contributed by atoms with Gasteiger partial charge in [0, 0.05) is 12.1 Å². The van der Waals surface area contributed by atoms with Crippen molar-refractivity contribution in [3.63, 3.8) is 0 Å². The van der Waals surface area contributed by atoms with E-state index < -0.39 is 17.7 Å². The molecule has 2 heterocycles. The molecule has 0 spiro atoms. The molecule has 0 aliphatic rings. The highest BCUT2D eigenvalue weighted by atomic mass is 19.2. The first-order chi connectivity index (χ1) is 12.4. The summed E-state index contributed by atoms with van der Waals surface area (Å²) in [6.45, 7) is 4.62. The molecule has 4 rings (SSSR count). The number of rotatable bonds is 4. The molecular weight excluding hydrogens is 338 g/mol. The zero-order chi connectivity index (χ0) is 18.4. The second-order valence-electron chi connectivity index (χ2n) is 6.63. The third-order valence-corrected chi connectivity index (χ3v) is 4.71. The lowest BCUT2D eigenvalue weighted by atomic mass is 10.1. The zero-order valence-corrected chi connectivity index (χ0v) is 14.4. The van der Waals surface area contributed by atoms with Crippen LogP contribution in [0.2, 0.25) is 0 Å². The van der Waals surface area contributed by atoms with E-state index in [1.807, 2.05) is 24.5 Å². The van der Waals surface area contributed by atoms with E-state index in [1.54, 1.807) is 10.9 Å². The smallest absolute Gasteiger partial charge is 0.161 e. The molecule has 1 atom stereocenters. The van der Waals surface area contributed by atoms with Crippen LogP contribution in [0.5, 0.6) is 0 Å². The second kappa shape index (κ2) is 6.17. The average Bonchev–Trinajstić information content (AvgIpc) is 3.14. The normalized spacial score (nSPS) is 13.0. The molecule has 1 N–H and O–H groups in total. The molecule has 0 radical (unpaired) electrons. The fraction of sp³-hybridized carbons (Fsp3) is 0.263. The largest absolute Gasteiger partial charge is 0.389 e. The number of aromatic nitrogens is 4. The molecule has 4 aromatic rings. The first-order valence-electron chi connectivity index (χ1n) is 8.32. The molecule has 7 heteroatoms. The predicted molar refractivity (Wildman–Crippen MR) is 94.9 cm³/mol. The monoisotopic (exact) mass is 356 g/mol. The summed E-state index contributed by atoms with van der Waals surface area (Å²) < 4.78 is 30.3. The van der Waals surface area contributed by atoms with Crippen molar-refractivity contribution >= 4 is 22.1 Å². The summed E-state index contributed by atoms with van der Waals surface area (Å²) in [5.41, 5.74) is 4.97. The topological polar surface area (TPSA) is 55.9 Å². The molecule has 0 saturated carbocycles. The number of aliphatic hydroxyl groups is 1. The van der Waals surface area contributed by atoms with Gasteiger partial charge in [0.05, 0.1) is 53.9 Å². The highest BCUT2D eigenvalue weighted by molar-refractivity contribution is 5.77.